The molecule has 0 radical (unpaired) electrons. The van der Waals surface area contributed by atoms with Gasteiger partial charge in [-0.25, -0.2) is 8.60 Å². The number of hydrogen-bond donors (Lipinski definition) is 1. The molecule has 160 valence electrons. The molecule has 8 heteroatoms. The van der Waals surface area contributed by atoms with Crippen LogP contribution < -0.4 is 9.62 Å². The van der Waals surface area contributed by atoms with E-state index >= 15 is 0 Å². The average Bonchev–Trinajstić information content (AvgIpc) is 3.12. The van der Waals surface area contributed by atoms with Gasteiger partial charge in [-0.05, 0) is 36.8 Å². The van der Waals surface area contributed by atoms with E-state index in [4.69, 9.17) is 4.42 Å². The monoisotopic (exact) mass is 431 g/mol. The number of rotatable bonds is 6. The second-order valence-electron chi connectivity index (χ2n) is 6.13. The van der Waals surface area contributed by atoms with Crippen LogP contribution in [0.2, 0.25) is 0 Å². The molecule has 0 aliphatic heterocycles. The topological polar surface area (TPSA) is 75.4 Å². The lowest BCUT2D eigenvalue weighted by Crippen LogP contribution is -2.21. The molecule has 0 saturated heterocycles. The molecule has 2 heterocycles. The number of nitrogens with zero attached hydrogens (tertiary/aromatic N) is 2. The van der Waals surface area contributed by atoms with E-state index < -0.39 is 11.0 Å². The Labute approximate surface area is 178 Å². The number of fused-ring (bicyclic) bond motifs is 1. The van der Waals surface area contributed by atoms with Crippen LogP contribution in [0, 0.1) is 5.82 Å². The fourth-order valence-electron chi connectivity index (χ4n) is 2.91. The standard InChI is InChI=1S/C20H20FN3O3S.C2H6/c1-5-6-13-11-15-16(19(25)22-2)17(12-7-9-14(21)10-8-12)27-20(15)23-18(13)24(3)28(4)26;1-2/h5,7-11H,1,6H2,2-4H3,(H,22,25);1-2H3. The van der Waals surface area contributed by atoms with Crippen LogP contribution in [0.15, 0.2) is 47.4 Å². The quantitative estimate of drug-likeness (QED) is 0.584. The van der Waals surface area contributed by atoms with E-state index in [2.05, 4.69) is 16.9 Å². The van der Waals surface area contributed by atoms with Crippen molar-refractivity contribution in [2.45, 2.75) is 20.3 Å². The smallest absolute Gasteiger partial charge is 0.255 e. The number of aromatic nitrogens is 1. The number of nitrogens with one attached hydrogen (secondary N) is 1. The van der Waals surface area contributed by atoms with Crippen molar-refractivity contribution >= 4 is 33.8 Å². The summed E-state index contributed by atoms with van der Waals surface area (Å²) in [5.41, 5.74) is 1.86. The minimum atomic E-state index is -1.29. The lowest BCUT2D eigenvalue weighted by Gasteiger charge is -2.17. The molecule has 3 rings (SSSR count). The van der Waals surface area contributed by atoms with Gasteiger partial charge >= 0.3 is 0 Å². The van der Waals surface area contributed by atoms with Gasteiger partial charge in [0.25, 0.3) is 5.91 Å². The summed E-state index contributed by atoms with van der Waals surface area (Å²) < 4.78 is 32.7. The molecular formula is C22H26FN3O3S. The molecule has 1 atom stereocenters. The first-order chi connectivity index (χ1) is 14.4. The molecule has 6 nitrogen and oxygen atoms in total. The zero-order valence-corrected chi connectivity index (χ0v) is 18.6. The Morgan fingerprint density at radius 3 is 2.50 bits per heavy atom. The Kier molecular flexibility index (Phi) is 7.88. The predicted molar refractivity (Wildman–Crippen MR) is 121 cm³/mol. The largest absolute Gasteiger partial charge is 0.437 e. The maximum atomic E-state index is 13.3. The summed E-state index contributed by atoms with van der Waals surface area (Å²) in [4.78, 5) is 17.1. The Morgan fingerprint density at radius 1 is 1.33 bits per heavy atom. The van der Waals surface area contributed by atoms with E-state index in [1.54, 1.807) is 25.4 Å². The molecule has 30 heavy (non-hydrogen) atoms. The van der Waals surface area contributed by atoms with E-state index in [-0.39, 0.29) is 17.4 Å². The van der Waals surface area contributed by atoms with E-state index in [0.717, 1.165) is 5.56 Å². The van der Waals surface area contributed by atoms with Crippen LogP contribution in [0.1, 0.15) is 29.8 Å². The molecule has 1 unspecified atom stereocenters. The second-order valence-corrected chi connectivity index (χ2v) is 7.53. The molecule has 2 aromatic heterocycles. The maximum absolute atomic E-state index is 13.3. The van der Waals surface area contributed by atoms with Crippen LogP contribution in [-0.2, 0) is 17.4 Å². The molecule has 3 aromatic rings. The van der Waals surface area contributed by atoms with Crippen molar-refractivity contribution in [1.82, 2.24) is 10.3 Å². The van der Waals surface area contributed by atoms with Gasteiger partial charge in [-0.15, -0.1) is 6.58 Å². The number of benzene rings is 1. The lowest BCUT2D eigenvalue weighted by molar-refractivity contribution is 0.0964. The van der Waals surface area contributed by atoms with Crippen molar-refractivity contribution in [3.63, 3.8) is 0 Å². The summed E-state index contributed by atoms with van der Waals surface area (Å²) in [5.74, 6) is 0.0478. The number of carbonyl (C=O) groups is 1. The summed E-state index contributed by atoms with van der Waals surface area (Å²) in [6.07, 6.45) is 3.73. The summed E-state index contributed by atoms with van der Waals surface area (Å²) in [7, 11) is 1.90. The van der Waals surface area contributed by atoms with Crippen molar-refractivity contribution in [3.8, 4) is 11.3 Å². The van der Waals surface area contributed by atoms with Gasteiger partial charge in [0.05, 0.1) is 10.9 Å². The van der Waals surface area contributed by atoms with Crippen LogP contribution in [0.3, 0.4) is 0 Å². The van der Waals surface area contributed by atoms with Crippen LogP contribution in [0.4, 0.5) is 10.2 Å². The zero-order valence-electron chi connectivity index (χ0n) is 17.8. The van der Waals surface area contributed by atoms with E-state index in [9.17, 15) is 13.4 Å². The number of allylic oxidation sites excluding steroid dienone is 1. The molecular weight excluding hydrogens is 405 g/mol. The number of halogens is 1. The van der Waals surface area contributed by atoms with Gasteiger partial charge in [-0.1, -0.05) is 19.9 Å². The molecule has 1 N–H and O–H groups in total. The van der Waals surface area contributed by atoms with Gasteiger partial charge < -0.3 is 9.73 Å². The highest BCUT2D eigenvalue weighted by Gasteiger charge is 2.25. The summed E-state index contributed by atoms with van der Waals surface area (Å²) in [6, 6.07) is 7.47. The summed E-state index contributed by atoms with van der Waals surface area (Å²) in [5, 5.41) is 3.13. The molecule has 0 aliphatic rings. The van der Waals surface area contributed by atoms with Crippen LogP contribution in [0.5, 0.6) is 0 Å². The van der Waals surface area contributed by atoms with E-state index in [1.165, 1.54) is 35.6 Å². The fraction of sp³-hybridized carbons (Fsp3) is 0.273. The normalized spacial score (nSPS) is 11.4. The molecule has 0 aliphatic carbocycles. The average molecular weight is 432 g/mol. The second kappa shape index (κ2) is 10.2. The number of amides is 1. The first-order valence-electron chi connectivity index (χ1n) is 9.50. The first kappa shape index (κ1) is 23.3. The Hall–Kier alpha value is -3.00. The van der Waals surface area contributed by atoms with Crippen molar-refractivity contribution in [2.24, 2.45) is 0 Å². The summed E-state index contributed by atoms with van der Waals surface area (Å²) >= 11 is 0. The van der Waals surface area contributed by atoms with E-state index in [1.807, 2.05) is 13.8 Å². The van der Waals surface area contributed by atoms with Crippen molar-refractivity contribution in [2.75, 3.05) is 24.7 Å². The zero-order chi connectivity index (χ0) is 22.4. The highest BCUT2D eigenvalue weighted by Crippen LogP contribution is 2.35. The number of carbonyl (C=O) groups excluding carboxylic acids is 1. The van der Waals surface area contributed by atoms with Gasteiger partial charge in [0.15, 0.2) is 0 Å². The third kappa shape index (κ3) is 4.59. The number of pyridine rings is 1. The lowest BCUT2D eigenvalue weighted by atomic mass is 10.0. The van der Waals surface area contributed by atoms with Gasteiger partial charge in [0, 0.05) is 31.5 Å². The highest BCUT2D eigenvalue weighted by molar-refractivity contribution is 7.85. The number of furan rings is 1. The Balaban J connectivity index is 0.00000155. The van der Waals surface area contributed by atoms with Gasteiger partial charge in [-0.3, -0.25) is 9.10 Å². The predicted octanol–water partition coefficient (Wildman–Crippen LogP) is 4.48. The van der Waals surface area contributed by atoms with Crippen LogP contribution in [-0.4, -0.2) is 35.5 Å². The summed E-state index contributed by atoms with van der Waals surface area (Å²) in [6.45, 7) is 7.76. The SMILES string of the molecule is C=CCc1cc2c(C(=O)NC)c(-c3ccc(F)cc3)oc2nc1N(C)S(C)=O.CC. The molecule has 0 bridgehead atoms. The van der Waals surface area contributed by atoms with Gasteiger partial charge in [-0.2, -0.15) is 4.98 Å². The highest BCUT2D eigenvalue weighted by atomic mass is 32.2. The molecule has 0 saturated carbocycles. The molecule has 0 fully saturated rings. The number of hydrogen-bond acceptors (Lipinski definition) is 4. The van der Waals surface area contributed by atoms with Gasteiger partial charge in [0.1, 0.15) is 28.4 Å². The first-order valence-corrected chi connectivity index (χ1v) is 11.0. The Morgan fingerprint density at radius 2 is 1.97 bits per heavy atom. The van der Waals surface area contributed by atoms with Crippen LogP contribution in [0.25, 0.3) is 22.4 Å². The van der Waals surface area contributed by atoms with Crippen LogP contribution >= 0.6 is 0 Å². The Bertz CT molecular complexity index is 1080. The van der Waals surface area contributed by atoms with E-state index in [0.29, 0.717) is 34.5 Å². The fourth-order valence-corrected chi connectivity index (χ4v) is 3.31. The molecule has 0 spiro atoms. The minimum absolute atomic E-state index is 0.234. The van der Waals surface area contributed by atoms with Crippen molar-refractivity contribution in [3.05, 3.63) is 59.9 Å². The maximum Gasteiger partial charge on any atom is 0.255 e. The third-order valence-electron chi connectivity index (χ3n) is 4.35. The van der Waals surface area contributed by atoms with Crippen molar-refractivity contribution in [1.29, 1.82) is 0 Å². The molecule has 1 amide bonds. The van der Waals surface area contributed by atoms with Crippen molar-refractivity contribution < 1.29 is 17.8 Å². The van der Waals surface area contributed by atoms with Gasteiger partial charge in [0.2, 0.25) is 5.71 Å². The third-order valence-corrected chi connectivity index (χ3v) is 5.29. The minimum Gasteiger partial charge on any atom is -0.437 e. The molecule has 1 aromatic carbocycles. The number of anilines is 1.